The third-order valence-electron chi connectivity index (χ3n) is 4.54. The van der Waals surface area contributed by atoms with Gasteiger partial charge in [-0.05, 0) is 60.4 Å². The molecule has 1 aromatic carbocycles. The molecular formula is C20H20F2N4O2S. The first kappa shape index (κ1) is 19.6. The maximum absolute atomic E-state index is 13.1. The van der Waals surface area contributed by atoms with Crippen molar-refractivity contribution < 1.29 is 17.9 Å². The average Bonchev–Trinajstić information content (AvgIpc) is 3.44. The Labute approximate surface area is 171 Å². The minimum absolute atomic E-state index is 0.276. The maximum Gasteiger partial charge on any atom is 0.299 e. The predicted octanol–water partition coefficient (Wildman–Crippen LogP) is 4.87. The Morgan fingerprint density at radius 1 is 1.24 bits per heavy atom. The number of thioether (sulfide) groups is 1. The number of alkyl halides is 2. The average molecular weight is 418 g/mol. The van der Waals surface area contributed by atoms with Crippen molar-refractivity contribution in [3.8, 4) is 5.75 Å². The van der Waals surface area contributed by atoms with Crippen LogP contribution in [0.2, 0.25) is 0 Å². The van der Waals surface area contributed by atoms with Crippen LogP contribution < -0.4 is 4.74 Å². The van der Waals surface area contributed by atoms with Gasteiger partial charge in [-0.15, -0.1) is 10.2 Å². The van der Waals surface area contributed by atoms with Gasteiger partial charge in [-0.25, -0.2) is 8.78 Å². The van der Waals surface area contributed by atoms with E-state index in [9.17, 15) is 8.78 Å². The molecule has 2 heterocycles. The number of hydrogen-bond donors (Lipinski definition) is 0. The Balaban J connectivity index is 1.42. The summed E-state index contributed by atoms with van der Waals surface area (Å²) in [5, 5.41) is 11.7. The normalized spacial score (nSPS) is 13.5. The molecule has 0 atom stereocenters. The molecule has 0 spiro atoms. The second-order valence-electron chi connectivity index (χ2n) is 6.51. The number of rotatable bonds is 8. The van der Waals surface area contributed by atoms with Gasteiger partial charge in [0.15, 0.2) is 0 Å². The van der Waals surface area contributed by atoms with Gasteiger partial charge in [0.2, 0.25) is 11.0 Å². The molecule has 2 aromatic heterocycles. The van der Waals surface area contributed by atoms with E-state index in [4.69, 9.17) is 9.15 Å². The quantitative estimate of drug-likeness (QED) is 0.386. The van der Waals surface area contributed by atoms with Crippen LogP contribution in [0.4, 0.5) is 8.78 Å². The van der Waals surface area contributed by atoms with Crippen LogP contribution >= 0.6 is 11.8 Å². The lowest BCUT2D eigenvalue weighted by atomic mass is 10.1. The Bertz CT molecular complexity index is 1020. The van der Waals surface area contributed by atoms with Crippen LogP contribution in [0.3, 0.4) is 0 Å². The van der Waals surface area contributed by atoms with E-state index in [-0.39, 0.29) is 6.61 Å². The van der Waals surface area contributed by atoms with Crippen molar-refractivity contribution in [2.75, 3.05) is 5.75 Å². The van der Waals surface area contributed by atoms with Crippen LogP contribution in [-0.2, 0) is 19.4 Å². The minimum atomic E-state index is -2.77. The smallest absolute Gasteiger partial charge is 0.299 e. The molecular weight excluding hydrogens is 398 g/mol. The van der Waals surface area contributed by atoms with Crippen molar-refractivity contribution in [2.24, 2.45) is 5.10 Å². The summed E-state index contributed by atoms with van der Waals surface area (Å²) in [6.07, 6.45) is 2.02. The Kier molecular flexibility index (Phi) is 5.94. The number of halogens is 2. The van der Waals surface area contributed by atoms with Gasteiger partial charge < -0.3 is 9.15 Å². The SMILES string of the molecule is CCSc1nnc(C(F)F)n1N=Cc1ccc(COc2ccc3c(c2)CCC3)o1. The van der Waals surface area contributed by atoms with E-state index >= 15 is 0 Å². The summed E-state index contributed by atoms with van der Waals surface area (Å²) in [5.74, 6) is 2.03. The highest BCUT2D eigenvalue weighted by molar-refractivity contribution is 7.99. The molecule has 0 saturated carbocycles. The molecule has 152 valence electrons. The number of aromatic nitrogens is 3. The Hall–Kier alpha value is -2.68. The Morgan fingerprint density at radius 3 is 2.93 bits per heavy atom. The molecule has 0 bridgehead atoms. The second-order valence-corrected chi connectivity index (χ2v) is 7.74. The summed E-state index contributed by atoms with van der Waals surface area (Å²) in [5.41, 5.74) is 2.74. The molecule has 0 aliphatic heterocycles. The highest BCUT2D eigenvalue weighted by atomic mass is 32.2. The van der Waals surface area contributed by atoms with Gasteiger partial charge >= 0.3 is 0 Å². The zero-order valence-corrected chi connectivity index (χ0v) is 16.7. The van der Waals surface area contributed by atoms with E-state index in [0.29, 0.717) is 22.4 Å². The molecule has 0 amide bonds. The van der Waals surface area contributed by atoms with Gasteiger partial charge in [0.05, 0.1) is 6.21 Å². The van der Waals surface area contributed by atoms with E-state index in [1.54, 1.807) is 12.1 Å². The van der Waals surface area contributed by atoms with Gasteiger partial charge in [0.25, 0.3) is 6.43 Å². The highest BCUT2D eigenvalue weighted by Gasteiger charge is 2.20. The lowest BCUT2D eigenvalue weighted by Crippen LogP contribution is -2.00. The van der Waals surface area contributed by atoms with E-state index in [1.165, 1.54) is 35.5 Å². The van der Waals surface area contributed by atoms with Crippen LogP contribution in [0, 0.1) is 0 Å². The first-order valence-corrected chi connectivity index (χ1v) is 10.4. The standard InChI is InChI=1S/C20H20F2N4O2S/c1-2-29-20-25-24-19(18(21)22)26(20)23-11-16-8-9-17(28-16)12-27-15-7-6-13-4-3-5-14(13)10-15/h6-11,18H,2-5,12H2,1H3. The van der Waals surface area contributed by atoms with Gasteiger partial charge in [0, 0.05) is 0 Å². The van der Waals surface area contributed by atoms with Crippen molar-refractivity contribution >= 4 is 18.0 Å². The lowest BCUT2D eigenvalue weighted by molar-refractivity contribution is 0.135. The summed E-state index contributed by atoms with van der Waals surface area (Å²) in [6.45, 7) is 2.17. The van der Waals surface area contributed by atoms with Gasteiger partial charge in [0.1, 0.15) is 23.9 Å². The molecule has 0 unspecified atom stereocenters. The monoisotopic (exact) mass is 418 g/mol. The molecule has 1 aliphatic rings. The molecule has 0 fully saturated rings. The number of aryl methyl sites for hydroxylation is 2. The van der Waals surface area contributed by atoms with Crippen molar-refractivity contribution in [1.29, 1.82) is 0 Å². The van der Waals surface area contributed by atoms with Crippen LogP contribution in [0.1, 0.15) is 48.2 Å². The van der Waals surface area contributed by atoms with E-state index in [0.717, 1.165) is 23.3 Å². The fourth-order valence-electron chi connectivity index (χ4n) is 3.19. The first-order chi connectivity index (χ1) is 14.1. The molecule has 0 N–H and O–H groups in total. The minimum Gasteiger partial charge on any atom is -0.486 e. The summed E-state index contributed by atoms with van der Waals surface area (Å²) in [6, 6.07) is 9.66. The summed E-state index contributed by atoms with van der Waals surface area (Å²) in [4.78, 5) is 0. The van der Waals surface area contributed by atoms with Crippen LogP contribution in [0.15, 0.2) is 45.0 Å². The molecule has 4 rings (SSSR count). The Morgan fingerprint density at radius 2 is 2.10 bits per heavy atom. The number of ether oxygens (including phenoxy) is 1. The summed E-state index contributed by atoms with van der Waals surface area (Å²) >= 11 is 1.29. The number of fused-ring (bicyclic) bond motifs is 1. The highest BCUT2D eigenvalue weighted by Crippen LogP contribution is 2.27. The number of furan rings is 1. The molecule has 9 heteroatoms. The van der Waals surface area contributed by atoms with Crippen molar-refractivity contribution in [2.45, 2.75) is 44.4 Å². The van der Waals surface area contributed by atoms with E-state index in [1.807, 2.05) is 13.0 Å². The molecule has 3 aromatic rings. The zero-order valence-electron chi connectivity index (χ0n) is 15.8. The van der Waals surface area contributed by atoms with E-state index < -0.39 is 12.2 Å². The van der Waals surface area contributed by atoms with Crippen molar-refractivity contribution in [3.05, 3.63) is 58.8 Å². The fraction of sp³-hybridized carbons (Fsp3) is 0.350. The number of nitrogens with zero attached hydrogens (tertiary/aromatic N) is 4. The largest absolute Gasteiger partial charge is 0.486 e. The third kappa shape index (κ3) is 4.50. The van der Waals surface area contributed by atoms with Crippen molar-refractivity contribution in [1.82, 2.24) is 14.9 Å². The molecule has 0 radical (unpaired) electrons. The predicted molar refractivity (Wildman–Crippen MR) is 106 cm³/mol. The fourth-order valence-corrected chi connectivity index (χ4v) is 3.81. The molecule has 6 nitrogen and oxygen atoms in total. The third-order valence-corrected chi connectivity index (χ3v) is 5.34. The maximum atomic E-state index is 13.1. The van der Waals surface area contributed by atoms with Gasteiger partial charge in [-0.3, -0.25) is 0 Å². The van der Waals surface area contributed by atoms with Crippen LogP contribution in [0.5, 0.6) is 5.75 Å². The second kappa shape index (κ2) is 8.77. The lowest BCUT2D eigenvalue weighted by Gasteiger charge is -2.06. The molecule has 29 heavy (non-hydrogen) atoms. The molecule has 0 saturated heterocycles. The van der Waals surface area contributed by atoms with Gasteiger partial charge in [-0.2, -0.15) is 9.78 Å². The summed E-state index contributed by atoms with van der Waals surface area (Å²) in [7, 11) is 0. The summed E-state index contributed by atoms with van der Waals surface area (Å²) < 4.78 is 38.8. The zero-order chi connectivity index (χ0) is 20.2. The topological polar surface area (TPSA) is 65.4 Å². The molecule has 1 aliphatic carbocycles. The van der Waals surface area contributed by atoms with Crippen LogP contribution in [0.25, 0.3) is 0 Å². The van der Waals surface area contributed by atoms with Gasteiger partial charge in [-0.1, -0.05) is 24.8 Å². The van der Waals surface area contributed by atoms with Crippen LogP contribution in [-0.4, -0.2) is 26.8 Å². The van der Waals surface area contributed by atoms with E-state index in [2.05, 4.69) is 27.4 Å². The number of benzene rings is 1. The van der Waals surface area contributed by atoms with Crippen molar-refractivity contribution in [3.63, 3.8) is 0 Å². The number of hydrogen-bond acceptors (Lipinski definition) is 6. The first-order valence-electron chi connectivity index (χ1n) is 9.38.